The van der Waals surface area contributed by atoms with E-state index in [1.54, 1.807) is 18.4 Å². The Morgan fingerprint density at radius 2 is 1.83 bits per heavy atom. The molecule has 4 nitrogen and oxygen atoms in total. The van der Waals surface area contributed by atoms with Crippen molar-refractivity contribution in [3.05, 3.63) is 52.3 Å². The maximum atomic E-state index is 5.92. The lowest BCUT2D eigenvalue weighted by Gasteiger charge is -2.11. The maximum absolute atomic E-state index is 5.92. The molecule has 0 radical (unpaired) electrons. The average Bonchev–Trinajstić information content (AvgIpc) is 2.90. The Morgan fingerprint density at radius 3 is 2.50 bits per heavy atom. The molecule has 124 valence electrons. The number of aryl methyl sites for hydroxylation is 2. The zero-order valence-corrected chi connectivity index (χ0v) is 15.5. The fourth-order valence-electron chi connectivity index (χ4n) is 2.59. The van der Waals surface area contributed by atoms with Crippen LogP contribution in [0.3, 0.4) is 0 Å². The third-order valence-corrected chi connectivity index (χ3v) is 5.08. The highest BCUT2D eigenvalue weighted by Gasteiger charge is 2.17. The van der Waals surface area contributed by atoms with Crippen molar-refractivity contribution in [2.75, 3.05) is 12.4 Å². The number of ether oxygens (including phenoxy) is 1. The molecule has 2 heterocycles. The Hall–Kier alpha value is -2.11. The Bertz CT molecular complexity index is 875. The van der Waals surface area contributed by atoms with Crippen LogP contribution in [0.1, 0.15) is 16.8 Å². The van der Waals surface area contributed by atoms with E-state index in [0.717, 1.165) is 44.0 Å². The number of nitrogens with zero attached hydrogens (tertiary/aromatic N) is 2. The van der Waals surface area contributed by atoms with Gasteiger partial charge < -0.3 is 10.1 Å². The van der Waals surface area contributed by atoms with E-state index >= 15 is 0 Å². The van der Waals surface area contributed by atoms with Crippen molar-refractivity contribution in [3.63, 3.8) is 0 Å². The lowest BCUT2D eigenvalue weighted by atomic mass is 10.1. The zero-order chi connectivity index (χ0) is 17.3. The summed E-state index contributed by atoms with van der Waals surface area (Å²) in [5.41, 5.74) is 4.86. The summed E-state index contributed by atoms with van der Waals surface area (Å²) < 4.78 is 5.51. The number of aromatic nitrogens is 2. The van der Waals surface area contributed by atoms with E-state index < -0.39 is 0 Å². The molecule has 0 bridgehead atoms. The number of halogens is 1. The molecule has 0 unspecified atom stereocenters. The third-order valence-electron chi connectivity index (χ3n) is 3.75. The minimum atomic E-state index is 0.711. The number of anilines is 2. The van der Waals surface area contributed by atoms with E-state index in [1.165, 1.54) is 0 Å². The van der Waals surface area contributed by atoms with Crippen molar-refractivity contribution in [2.24, 2.45) is 0 Å². The SMILES string of the molecule is COc1c(C)cnc(-c2sc(Nc3ccc(Cl)cc3)nc2C)c1C. The van der Waals surface area contributed by atoms with Crippen LogP contribution in [0.4, 0.5) is 10.8 Å². The molecule has 3 aromatic rings. The quantitative estimate of drug-likeness (QED) is 0.664. The maximum Gasteiger partial charge on any atom is 0.188 e. The van der Waals surface area contributed by atoms with Crippen LogP contribution in [0.25, 0.3) is 10.6 Å². The minimum absolute atomic E-state index is 0.711. The second-order valence-corrected chi connectivity index (χ2v) is 6.95. The molecule has 0 aliphatic rings. The number of hydrogen-bond acceptors (Lipinski definition) is 5. The minimum Gasteiger partial charge on any atom is -0.496 e. The van der Waals surface area contributed by atoms with Crippen molar-refractivity contribution in [1.82, 2.24) is 9.97 Å². The van der Waals surface area contributed by atoms with Crippen molar-refractivity contribution in [3.8, 4) is 16.3 Å². The first-order valence-corrected chi connectivity index (χ1v) is 8.69. The molecule has 0 atom stereocenters. The monoisotopic (exact) mass is 359 g/mol. The van der Waals surface area contributed by atoms with Gasteiger partial charge in [-0.25, -0.2) is 4.98 Å². The van der Waals surface area contributed by atoms with Gasteiger partial charge in [-0.2, -0.15) is 0 Å². The van der Waals surface area contributed by atoms with Crippen LogP contribution >= 0.6 is 22.9 Å². The number of thiazole rings is 1. The molecule has 24 heavy (non-hydrogen) atoms. The summed E-state index contributed by atoms with van der Waals surface area (Å²) in [6.45, 7) is 6.02. The molecule has 0 amide bonds. The second kappa shape index (κ2) is 6.79. The Morgan fingerprint density at radius 1 is 1.12 bits per heavy atom. The van der Waals surface area contributed by atoms with Crippen LogP contribution in [0.15, 0.2) is 30.5 Å². The molecule has 0 aliphatic heterocycles. The lowest BCUT2D eigenvalue weighted by molar-refractivity contribution is 0.408. The fraction of sp³-hybridized carbons (Fsp3) is 0.222. The van der Waals surface area contributed by atoms with Gasteiger partial charge in [-0.05, 0) is 45.0 Å². The summed E-state index contributed by atoms with van der Waals surface area (Å²) in [6, 6.07) is 7.55. The first-order chi connectivity index (χ1) is 11.5. The fourth-order valence-corrected chi connectivity index (χ4v) is 3.76. The van der Waals surface area contributed by atoms with Crippen molar-refractivity contribution < 1.29 is 4.74 Å². The highest BCUT2D eigenvalue weighted by atomic mass is 35.5. The molecule has 0 fully saturated rings. The number of benzene rings is 1. The van der Waals surface area contributed by atoms with Crippen LogP contribution in [0, 0.1) is 20.8 Å². The van der Waals surface area contributed by atoms with Gasteiger partial charge in [0.05, 0.1) is 23.4 Å². The van der Waals surface area contributed by atoms with Crippen LogP contribution in [-0.2, 0) is 0 Å². The topological polar surface area (TPSA) is 47.0 Å². The van der Waals surface area contributed by atoms with E-state index in [-0.39, 0.29) is 0 Å². The first kappa shape index (κ1) is 16.7. The highest BCUT2D eigenvalue weighted by molar-refractivity contribution is 7.19. The molecule has 0 aliphatic carbocycles. The van der Waals surface area contributed by atoms with Gasteiger partial charge >= 0.3 is 0 Å². The standard InChI is InChI=1S/C18H18ClN3OS/c1-10-9-20-15(11(2)16(10)23-4)17-12(3)21-18(24-17)22-14-7-5-13(19)6-8-14/h5-9H,1-4H3,(H,21,22). The van der Waals surface area contributed by atoms with E-state index in [9.17, 15) is 0 Å². The molecule has 0 saturated heterocycles. The van der Waals surface area contributed by atoms with Gasteiger partial charge in [0.15, 0.2) is 5.13 Å². The van der Waals surface area contributed by atoms with E-state index in [1.807, 2.05) is 51.2 Å². The predicted molar refractivity (Wildman–Crippen MR) is 101 cm³/mol. The number of pyridine rings is 1. The molecule has 0 spiro atoms. The second-order valence-electron chi connectivity index (χ2n) is 5.51. The third kappa shape index (κ3) is 3.23. The lowest BCUT2D eigenvalue weighted by Crippen LogP contribution is -1.96. The number of rotatable bonds is 4. The molecule has 0 saturated carbocycles. The summed E-state index contributed by atoms with van der Waals surface area (Å²) in [7, 11) is 1.69. The summed E-state index contributed by atoms with van der Waals surface area (Å²) in [6.07, 6.45) is 1.84. The average molecular weight is 360 g/mol. The largest absolute Gasteiger partial charge is 0.496 e. The Labute approximate surface area is 150 Å². The molecule has 1 N–H and O–H groups in total. The summed E-state index contributed by atoms with van der Waals surface area (Å²) in [4.78, 5) is 10.3. The number of methoxy groups -OCH3 is 1. The van der Waals surface area contributed by atoms with Crippen molar-refractivity contribution >= 4 is 33.8 Å². The van der Waals surface area contributed by atoms with E-state index in [2.05, 4.69) is 15.3 Å². The van der Waals surface area contributed by atoms with Gasteiger partial charge in [0.1, 0.15) is 5.75 Å². The van der Waals surface area contributed by atoms with Gasteiger partial charge in [0, 0.05) is 28.0 Å². The normalized spacial score (nSPS) is 10.7. The molecule has 2 aromatic heterocycles. The molecule has 3 rings (SSSR count). The van der Waals surface area contributed by atoms with Gasteiger partial charge in [-0.3, -0.25) is 4.98 Å². The van der Waals surface area contributed by atoms with Gasteiger partial charge in [-0.1, -0.05) is 22.9 Å². The van der Waals surface area contributed by atoms with Gasteiger partial charge in [0.25, 0.3) is 0 Å². The van der Waals surface area contributed by atoms with Crippen molar-refractivity contribution in [2.45, 2.75) is 20.8 Å². The summed E-state index contributed by atoms with van der Waals surface area (Å²) in [5, 5.41) is 4.85. The smallest absolute Gasteiger partial charge is 0.188 e. The van der Waals surface area contributed by atoms with Crippen LogP contribution in [0.2, 0.25) is 5.02 Å². The molecular formula is C18H18ClN3OS. The Balaban J connectivity index is 1.96. The Kier molecular flexibility index (Phi) is 4.73. The van der Waals surface area contributed by atoms with Crippen LogP contribution in [0.5, 0.6) is 5.75 Å². The zero-order valence-electron chi connectivity index (χ0n) is 14.0. The van der Waals surface area contributed by atoms with E-state index in [4.69, 9.17) is 16.3 Å². The number of hydrogen-bond donors (Lipinski definition) is 1. The summed E-state index contributed by atoms with van der Waals surface area (Å²) >= 11 is 7.50. The van der Waals surface area contributed by atoms with Gasteiger partial charge in [0.2, 0.25) is 0 Å². The van der Waals surface area contributed by atoms with Gasteiger partial charge in [-0.15, -0.1) is 0 Å². The molecule has 6 heteroatoms. The highest BCUT2D eigenvalue weighted by Crippen LogP contribution is 2.38. The number of nitrogens with one attached hydrogen (secondary N) is 1. The van der Waals surface area contributed by atoms with E-state index in [0.29, 0.717) is 5.02 Å². The molecular weight excluding hydrogens is 342 g/mol. The predicted octanol–water partition coefficient (Wildman–Crippen LogP) is 5.54. The molecule has 1 aromatic carbocycles. The van der Waals surface area contributed by atoms with Crippen molar-refractivity contribution in [1.29, 1.82) is 0 Å². The summed E-state index contributed by atoms with van der Waals surface area (Å²) in [5.74, 6) is 0.875. The first-order valence-electron chi connectivity index (χ1n) is 7.50. The van der Waals surface area contributed by atoms with Crippen LogP contribution in [-0.4, -0.2) is 17.1 Å². The van der Waals surface area contributed by atoms with Crippen LogP contribution < -0.4 is 10.1 Å².